The lowest BCUT2D eigenvalue weighted by Gasteiger charge is -2.21. The Labute approximate surface area is 74.4 Å². The van der Waals surface area contributed by atoms with Crippen LogP contribution < -0.4 is 5.73 Å². The number of carbonyl (C=O) groups is 1. The van der Waals surface area contributed by atoms with Crippen LogP contribution in [0.3, 0.4) is 0 Å². The summed E-state index contributed by atoms with van der Waals surface area (Å²) in [6, 6.07) is -0.768. The first kappa shape index (κ1) is 9.48. The maximum absolute atomic E-state index is 10.8. The number of carbonyl (C=O) groups excluding carboxylic acids is 1. The summed E-state index contributed by atoms with van der Waals surface area (Å²) in [5.41, 5.74) is 4.87. The van der Waals surface area contributed by atoms with Gasteiger partial charge in [-0.15, -0.1) is 0 Å². The van der Waals surface area contributed by atoms with Crippen LogP contribution in [0.2, 0.25) is 0 Å². The summed E-state index contributed by atoms with van der Waals surface area (Å²) in [7, 11) is 1.28. The van der Waals surface area contributed by atoms with Crippen LogP contribution in [0.15, 0.2) is 0 Å². The first-order valence-corrected chi connectivity index (χ1v) is 3.69. The molecule has 0 unspecified atom stereocenters. The molecule has 0 saturated carbocycles. The van der Waals surface area contributed by atoms with Crippen molar-refractivity contribution in [3.05, 3.63) is 0 Å². The molecule has 4 heteroatoms. The third-order valence-corrected chi connectivity index (χ3v) is 1.16. The molecule has 0 spiro atoms. The van der Waals surface area contributed by atoms with Crippen molar-refractivity contribution in [3.63, 3.8) is 0 Å². The minimum absolute atomic E-state index is 0.0819. The predicted molar refractivity (Wildman–Crippen MR) is 45.7 cm³/mol. The van der Waals surface area contributed by atoms with Gasteiger partial charge in [0, 0.05) is 1.37 Å². The first-order chi connectivity index (χ1) is 5.93. The predicted octanol–water partition coefficient (Wildman–Crippen LogP) is 0.302. The molecule has 0 rings (SSSR count). The van der Waals surface area contributed by atoms with E-state index in [-0.39, 0.29) is 13.5 Å². The third kappa shape index (κ3) is 5.09. The van der Waals surface area contributed by atoms with Crippen LogP contribution in [-0.2, 0) is 14.3 Å². The number of hydrogen-bond acceptors (Lipinski definition) is 4. The minimum Gasteiger partial charge on any atom is -0.468 e. The molecular weight excluding hydrogens is 158 g/mol. The van der Waals surface area contributed by atoms with Crippen LogP contribution in [0.1, 0.15) is 22.1 Å². The van der Waals surface area contributed by atoms with Gasteiger partial charge in [-0.25, -0.2) is 0 Å². The SMILES string of the molecule is [2H]CC(C)(C)OC[C@H](N)C(=O)OC. The highest BCUT2D eigenvalue weighted by Gasteiger charge is 2.18. The molecule has 0 radical (unpaired) electrons. The Hall–Kier alpha value is -0.610. The van der Waals surface area contributed by atoms with E-state index in [0.29, 0.717) is 0 Å². The molecule has 1 atom stereocenters. The highest BCUT2D eigenvalue weighted by atomic mass is 16.5. The largest absolute Gasteiger partial charge is 0.468 e. The molecule has 0 bridgehead atoms. The standard InChI is InChI=1S/C8H17NO3/c1-8(2,3)12-5-6(9)7(10)11-4/h6H,5,9H2,1-4H3/t6-/m0/s1/i1D. The van der Waals surface area contributed by atoms with E-state index in [1.165, 1.54) is 7.11 Å². The van der Waals surface area contributed by atoms with Gasteiger partial charge in [0.25, 0.3) is 0 Å². The Balaban J connectivity index is 3.82. The highest BCUT2D eigenvalue weighted by Crippen LogP contribution is 2.06. The zero-order valence-electron chi connectivity index (χ0n) is 8.79. The summed E-state index contributed by atoms with van der Waals surface area (Å²) in [5.74, 6) is -0.499. The number of ether oxygens (including phenoxy) is 2. The maximum Gasteiger partial charge on any atom is 0.325 e. The van der Waals surface area contributed by atoms with Crippen LogP contribution in [0.5, 0.6) is 0 Å². The van der Waals surface area contributed by atoms with Gasteiger partial charge in [0.15, 0.2) is 0 Å². The number of methoxy groups -OCH3 is 1. The highest BCUT2D eigenvalue weighted by molar-refractivity contribution is 5.75. The molecule has 0 aromatic carbocycles. The average Bonchev–Trinajstić information content (AvgIpc) is 2.13. The molecule has 4 nitrogen and oxygen atoms in total. The van der Waals surface area contributed by atoms with Gasteiger partial charge in [0.2, 0.25) is 0 Å². The minimum atomic E-state index is -0.768. The van der Waals surface area contributed by atoms with Crippen LogP contribution in [0.4, 0.5) is 0 Å². The van der Waals surface area contributed by atoms with Crippen LogP contribution >= 0.6 is 0 Å². The van der Waals surface area contributed by atoms with E-state index in [1.54, 1.807) is 13.8 Å². The van der Waals surface area contributed by atoms with Gasteiger partial charge in [-0.3, -0.25) is 4.79 Å². The monoisotopic (exact) mass is 176 g/mol. The molecule has 0 saturated heterocycles. The average molecular weight is 176 g/mol. The smallest absolute Gasteiger partial charge is 0.325 e. The lowest BCUT2D eigenvalue weighted by atomic mass is 10.2. The summed E-state index contributed by atoms with van der Waals surface area (Å²) in [4.78, 5) is 10.8. The fourth-order valence-electron chi connectivity index (χ4n) is 0.535. The molecule has 0 aromatic heterocycles. The fraction of sp³-hybridized carbons (Fsp3) is 0.875. The van der Waals surface area contributed by atoms with Crippen molar-refractivity contribution >= 4 is 5.97 Å². The quantitative estimate of drug-likeness (QED) is 0.628. The van der Waals surface area contributed by atoms with Gasteiger partial charge in [-0.1, -0.05) is 0 Å². The second-order valence-electron chi connectivity index (χ2n) is 3.20. The van der Waals surface area contributed by atoms with Gasteiger partial charge in [0.05, 0.1) is 19.3 Å². The van der Waals surface area contributed by atoms with E-state index in [9.17, 15) is 4.79 Å². The Morgan fingerprint density at radius 3 is 2.75 bits per heavy atom. The lowest BCUT2D eigenvalue weighted by molar-refractivity contribution is -0.145. The van der Waals surface area contributed by atoms with E-state index in [0.717, 1.165) is 0 Å². The second-order valence-corrected chi connectivity index (χ2v) is 3.20. The van der Waals surface area contributed by atoms with E-state index >= 15 is 0 Å². The topological polar surface area (TPSA) is 61.5 Å². The Morgan fingerprint density at radius 2 is 2.33 bits per heavy atom. The third-order valence-electron chi connectivity index (χ3n) is 1.16. The number of nitrogens with two attached hydrogens (primary N) is 1. The van der Waals surface area contributed by atoms with Crippen molar-refractivity contribution in [1.29, 1.82) is 0 Å². The molecule has 0 heterocycles. The number of esters is 1. The Morgan fingerprint density at radius 1 is 1.75 bits per heavy atom. The van der Waals surface area contributed by atoms with Crippen molar-refractivity contribution in [1.82, 2.24) is 0 Å². The fourth-order valence-corrected chi connectivity index (χ4v) is 0.535. The van der Waals surface area contributed by atoms with Crippen molar-refractivity contribution < 1.29 is 15.6 Å². The summed E-state index contributed by atoms with van der Waals surface area (Å²) >= 11 is 0. The Kier molecular flexibility index (Phi) is 3.49. The summed E-state index contributed by atoms with van der Waals surface area (Å²) in [6.07, 6.45) is 0. The first-order valence-electron chi connectivity index (χ1n) is 4.40. The van der Waals surface area contributed by atoms with Crippen LogP contribution in [0.25, 0.3) is 0 Å². The normalized spacial score (nSPS) is 15.2. The summed E-state index contributed by atoms with van der Waals surface area (Å²) < 4.78 is 16.8. The van der Waals surface area contributed by atoms with Gasteiger partial charge in [0.1, 0.15) is 6.04 Å². The number of hydrogen-bond donors (Lipinski definition) is 1. The van der Waals surface area contributed by atoms with Gasteiger partial charge < -0.3 is 15.2 Å². The molecular formula is C8H17NO3. The van der Waals surface area contributed by atoms with E-state index in [4.69, 9.17) is 11.8 Å². The Bertz CT molecular complexity index is 173. The lowest BCUT2D eigenvalue weighted by Crippen LogP contribution is -2.38. The summed E-state index contributed by atoms with van der Waals surface area (Å²) in [5, 5.41) is 0. The molecule has 72 valence electrons. The van der Waals surface area contributed by atoms with Gasteiger partial charge in [-0.2, -0.15) is 0 Å². The molecule has 12 heavy (non-hydrogen) atoms. The molecule has 0 amide bonds. The molecule has 0 aliphatic heterocycles. The molecule has 0 aliphatic rings. The van der Waals surface area contributed by atoms with Crippen molar-refractivity contribution in [3.8, 4) is 0 Å². The number of rotatable bonds is 3. The van der Waals surface area contributed by atoms with E-state index < -0.39 is 17.6 Å². The van der Waals surface area contributed by atoms with Crippen molar-refractivity contribution in [2.75, 3.05) is 13.7 Å². The molecule has 2 N–H and O–H groups in total. The zero-order chi connectivity index (χ0) is 10.5. The van der Waals surface area contributed by atoms with Gasteiger partial charge >= 0.3 is 5.97 Å². The zero-order valence-corrected chi connectivity index (χ0v) is 7.79. The molecule has 0 aromatic rings. The molecule has 0 fully saturated rings. The van der Waals surface area contributed by atoms with Crippen molar-refractivity contribution in [2.45, 2.75) is 32.4 Å². The van der Waals surface area contributed by atoms with E-state index in [1.807, 2.05) is 0 Å². The molecule has 0 aliphatic carbocycles. The van der Waals surface area contributed by atoms with Crippen molar-refractivity contribution in [2.24, 2.45) is 5.73 Å². The van der Waals surface area contributed by atoms with Crippen LogP contribution in [0, 0.1) is 0 Å². The second kappa shape index (κ2) is 4.42. The maximum atomic E-state index is 10.8. The van der Waals surface area contributed by atoms with Gasteiger partial charge in [-0.05, 0) is 20.7 Å². The van der Waals surface area contributed by atoms with Crippen LogP contribution in [-0.4, -0.2) is 31.3 Å². The van der Waals surface area contributed by atoms with E-state index in [2.05, 4.69) is 4.74 Å². The summed E-state index contributed by atoms with van der Waals surface area (Å²) in [6.45, 7) is 3.74.